The largest absolute Gasteiger partial charge is 0.444 e. The maximum absolute atomic E-state index is 11.7. The Morgan fingerprint density at radius 3 is 2.41 bits per heavy atom. The second-order valence-corrected chi connectivity index (χ2v) is 5.37. The number of amides is 1. The molecular formula is C14H29NO2. The Balaban J connectivity index is 0.00000121. The molecular weight excluding hydrogens is 214 g/mol. The van der Waals surface area contributed by atoms with E-state index in [0.29, 0.717) is 5.92 Å². The molecule has 0 N–H and O–H groups in total. The van der Waals surface area contributed by atoms with E-state index in [9.17, 15) is 4.79 Å². The first-order chi connectivity index (χ1) is 7.92. The van der Waals surface area contributed by atoms with Crippen molar-refractivity contribution in [2.45, 2.75) is 66.4 Å². The third-order valence-electron chi connectivity index (χ3n) is 2.63. The Hall–Kier alpha value is -0.730. The van der Waals surface area contributed by atoms with Crippen LogP contribution in [0.2, 0.25) is 0 Å². The average molecular weight is 243 g/mol. The summed E-state index contributed by atoms with van der Waals surface area (Å²) in [6.45, 7) is 13.7. The Bertz CT molecular complexity index is 221. The molecule has 0 aliphatic carbocycles. The molecule has 0 aromatic heterocycles. The van der Waals surface area contributed by atoms with E-state index in [-0.39, 0.29) is 11.7 Å². The predicted molar refractivity (Wildman–Crippen MR) is 72.2 cm³/mol. The van der Waals surface area contributed by atoms with Crippen LogP contribution in [0, 0.1) is 5.92 Å². The lowest BCUT2D eigenvalue weighted by molar-refractivity contribution is 0.0287. The molecule has 0 saturated carbocycles. The summed E-state index contributed by atoms with van der Waals surface area (Å²) in [6.07, 6.45) is 3.40. The molecule has 1 amide bonds. The first kappa shape index (κ1) is 16.3. The van der Waals surface area contributed by atoms with Gasteiger partial charge in [0, 0.05) is 13.1 Å². The topological polar surface area (TPSA) is 29.5 Å². The van der Waals surface area contributed by atoms with Crippen molar-refractivity contribution < 1.29 is 9.53 Å². The zero-order chi connectivity index (χ0) is 13.5. The van der Waals surface area contributed by atoms with Crippen molar-refractivity contribution in [2.75, 3.05) is 13.1 Å². The second-order valence-electron chi connectivity index (χ2n) is 5.37. The summed E-state index contributed by atoms with van der Waals surface area (Å²) in [6, 6.07) is 0. The van der Waals surface area contributed by atoms with Crippen molar-refractivity contribution in [1.82, 2.24) is 4.90 Å². The molecule has 1 rings (SSSR count). The van der Waals surface area contributed by atoms with Gasteiger partial charge in [-0.25, -0.2) is 4.79 Å². The summed E-state index contributed by atoms with van der Waals surface area (Å²) in [5, 5.41) is 0. The molecule has 17 heavy (non-hydrogen) atoms. The summed E-state index contributed by atoms with van der Waals surface area (Å²) in [5.41, 5.74) is -0.375. The van der Waals surface area contributed by atoms with Crippen LogP contribution < -0.4 is 0 Å². The maximum atomic E-state index is 11.7. The van der Waals surface area contributed by atoms with Crippen LogP contribution in [-0.4, -0.2) is 29.7 Å². The van der Waals surface area contributed by atoms with Gasteiger partial charge in [0.1, 0.15) is 5.60 Å². The van der Waals surface area contributed by atoms with Gasteiger partial charge in [-0.05, 0) is 39.5 Å². The minimum absolute atomic E-state index is 0.152. The Kier molecular flexibility index (Phi) is 7.24. The van der Waals surface area contributed by atoms with Crippen LogP contribution in [0.3, 0.4) is 0 Å². The standard InChI is InChI=1S/C12H23NO2.C2H6/c1-5-6-10-7-8-13(9-10)11(14)15-12(2,3)4;1-2/h10H,5-9H2,1-4H3;1-2H3. The Morgan fingerprint density at radius 1 is 1.35 bits per heavy atom. The van der Waals surface area contributed by atoms with Gasteiger partial charge in [-0.2, -0.15) is 0 Å². The number of rotatable bonds is 2. The number of carbonyl (C=O) groups excluding carboxylic acids is 1. The third kappa shape index (κ3) is 6.54. The number of ether oxygens (including phenoxy) is 1. The third-order valence-corrected chi connectivity index (χ3v) is 2.63. The molecule has 1 unspecified atom stereocenters. The van der Waals surface area contributed by atoms with E-state index in [4.69, 9.17) is 4.74 Å². The lowest BCUT2D eigenvalue weighted by Gasteiger charge is -2.24. The van der Waals surface area contributed by atoms with Crippen LogP contribution in [0.15, 0.2) is 0 Å². The second kappa shape index (κ2) is 7.57. The summed E-state index contributed by atoms with van der Waals surface area (Å²) in [5.74, 6) is 0.683. The van der Waals surface area contributed by atoms with Crippen LogP contribution >= 0.6 is 0 Å². The van der Waals surface area contributed by atoms with Gasteiger partial charge in [-0.3, -0.25) is 0 Å². The molecule has 3 nitrogen and oxygen atoms in total. The molecule has 0 radical (unpaired) electrons. The first-order valence-corrected chi connectivity index (χ1v) is 6.90. The van der Waals surface area contributed by atoms with E-state index >= 15 is 0 Å². The number of likely N-dealkylation sites (tertiary alicyclic amines) is 1. The summed E-state index contributed by atoms with van der Waals surface area (Å²) < 4.78 is 5.34. The zero-order valence-electron chi connectivity index (χ0n) is 12.4. The fourth-order valence-corrected chi connectivity index (χ4v) is 1.97. The van der Waals surface area contributed by atoms with Crippen molar-refractivity contribution in [2.24, 2.45) is 5.92 Å². The number of hydrogen-bond donors (Lipinski definition) is 0. The van der Waals surface area contributed by atoms with E-state index in [2.05, 4.69) is 6.92 Å². The van der Waals surface area contributed by atoms with Gasteiger partial charge in [-0.15, -0.1) is 0 Å². The van der Waals surface area contributed by atoms with E-state index in [1.807, 2.05) is 39.5 Å². The van der Waals surface area contributed by atoms with Crippen molar-refractivity contribution in [1.29, 1.82) is 0 Å². The molecule has 1 saturated heterocycles. The van der Waals surface area contributed by atoms with Gasteiger partial charge in [0.05, 0.1) is 0 Å². The van der Waals surface area contributed by atoms with Gasteiger partial charge >= 0.3 is 6.09 Å². The average Bonchev–Trinajstić information content (AvgIpc) is 2.67. The lowest BCUT2D eigenvalue weighted by atomic mass is 10.0. The molecule has 3 heteroatoms. The molecule has 0 spiro atoms. The van der Waals surface area contributed by atoms with Gasteiger partial charge in [0.2, 0.25) is 0 Å². The smallest absolute Gasteiger partial charge is 0.410 e. The monoisotopic (exact) mass is 243 g/mol. The molecule has 102 valence electrons. The minimum atomic E-state index is -0.375. The van der Waals surface area contributed by atoms with Crippen molar-refractivity contribution >= 4 is 6.09 Å². The molecule has 0 aromatic carbocycles. The molecule has 1 aliphatic rings. The highest BCUT2D eigenvalue weighted by Gasteiger charge is 2.28. The van der Waals surface area contributed by atoms with Crippen LogP contribution in [0.5, 0.6) is 0 Å². The van der Waals surface area contributed by atoms with Crippen molar-refractivity contribution in [3.63, 3.8) is 0 Å². The Labute approximate surface area is 107 Å². The minimum Gasteiger partial charge on any atom is -0.444 e. The van der Waals surface area contributed by atoms with E-state index < -0.39 is 0 Å². The normalized spacial score (nSPS) is 19.6. The van der Waals surface area contributed by atoms with Crippen LogP contribution in [0.4, 0.5) is 4.79 Å². The van der Waals surface area contributed by atoms with Crippen LogP contribution in [0.25, 0.3) is 0 Å². The molecule has 1 aliphatic heterocycles. The maximum Gasteiger partial charge on any atom is 0.410 e. The van der Waals surface area contributed by atoms with Crippen LogP contribution in [-0.2, 0) is 4.74 Å². The predicted octanol–water partition coefficient (Wildman–Crippen LogP) is 4.07. The fourth-order valence-electron chi connectivity index (χ4n) is 1.97. The van der Waals surface area contributed by atoms with Gasteiger partial charge < -0.3 is 9.64 Å². The molecule has 0 bridgehead atoms. The van der Waals surface area contributed by atoms with Crippen molar-refractivity contribution in [3.05, 3.63) is 0 Å². The summed E-state index contributed by atoms with van der Waals surface area (Å²) in [7, 11) is 0. The lowest BCUT2D eigenvalue weighted by Crippen LogP contribution is -2.35. The molecule has 1 atom stereocenters. The SMILES string of the molecule is CC.CCCC1CCN(C(=O)OC(C)(C)C)C1. The van der Waals surface area contributed by atoms with Crippen molar-refractivity contribution in [3.8, 4) is 0 Å². The highest BCUT2D eigenvalue weighted by Crippen LogP contribution is 2.22. The van der Waals surface area contributed by atoms with Gasteiger partial charge in [-0.1, -0.05) is 27.2 Å². The highest BCUT2D eigenvalue weighted by molar-refractivity contribution is 5.68. The number of carbonyl (C=O) groups is 1. The fraction of sp³-hybridized carbons (Fsp3) is 0.929. The van der Waals surface area contributed by atoms with Gasteiger partial charge in [0.25, 0.3) is 0 Å². The van der Waals surface area contributed by atoms with E-state index in [1.54, 1.807) is 0 Å². The summed E-state index contributed by atoms with van der Waals surface area (Å²) >= 11 is 0. The van der Waals surface area contributed by atoms with Gasteiger partial charge in [0.15, 0.2) is 0 Å². The zero-order valence-corrected chi connectivity index (χ0v) is 12.4. The Morgan fingerprint density at radius 2 is 1.94 bits per heavy atom. The molecule has 1 fully saturated rings. The molecule has 0 aromatic rings. The number of nitrogens with zero attached hydrogens (tertiary/aromatic N) is 1. The summed E-state index contributed by atoms with van der Waals surface area (Å²) in [4.78, 5) is 13.6. The van der Waals surface area contributed by atoms with E-state index in [1.165, 1.54) is 12.8 Å². The first-order valence-electron chi connectivity index (χ1n) is 6.90. The molecule has 1 heterocycles. The van der Waals surface area contributed by atoms with E-state index in [0.717, 1.165) is 19.5 Å². The number of hydrogen-bond acceptors (Lipinski definition) is 2. The van der Waals surface area contributed by atoms with Crippen LogP contribution in [0.1, 0.15) is 60.8 Å². The highest BCUT2D eigenvalue weighted by atomic mass is 16.6. The quantitative estimate of drug-likeness (QED) is 0.731.